The molecular formula is C16H15ClN2O4S. The molecule has 0 bridgehead atoms. The molecule has 24 heavy (non-hydrogen) atoms. The second-order valence-electron chi connectivity index (χ2n) is 5.59. The van der Waals surface area contributed by atoms with E-state index >= 15 is 0 Å². The number of thioether (sulfide) groups is 1. The fraction of sp³-hybridized carbons (Fsp3) is 0.312. The summed E-state index contributed by atoms with van der Waals surface area (Å²) >= 11 is 7.41. The molecule has 1 aromatic rings. The summed E-state index contributed by atoms with van der Waals surface area (Å²) in [5.41, 5.74) is 0.656. The van der Waals surface area contributed by atoms with Gasteiger partial charge < -0.3 is 10.4 Å². The number of fused-ring (bicyclic) bond motifs is 1. The quantitative estimate of drug-likeness (QED) is 0.789. The van der Waals surface area contributed by atoms with Gasteiger partial charge in [0.25, 0.3) is 5.91 Å². The van der Waals surface area contributed by atoms with E-state index in [0.717, 1.165) is 10.5 Å². The zero-order valence-corrected chi connectivity index (χ0v) is 14.3. The Balaban J connectivity index is 1.71. The summed E-state index contributed by atoms with van der Waals surface area (Å²) in [6, 6.07) is 8.46. The Morgan fingerprint density at radius 3 is 2.62 bits per heavy atom. The maximum atomic E-state index is 12.3. The third-order valence-corrected chi connectivity index (χ3v) is 5.98. The van der Waals surface area contributed by atoms with E-state index in [4.69, 9.17) is 11.6 Å². The first-order chi connectivity index (χ1) is 11.4. The molecule has 2 amide bonds. The number of nitrogens with one attached hydrogen (secondary N) is 1. The highest BCUT2D eigenvalue weighted by Gasteiger charge is 2.55. The van der Waals surface area contributed by atoms with Gasteiger partial charge in [-0.1, -0.05) is 41.9 Å². The molecule has 2 unspecified atom stereocenters. The lowest BCUT2D eigenvalue weighted by molar-refractivity contribution is -0.150. The lowest BCUT2D eigenvalue weighted by atomic mass is 10.0. The third-order valence-electron chi connectivity index (χ3n) is 3.94. The number of β-lactam (4-membered cyclic amide) rings is 1. The van der Waals surface area contributed by atoms with Gasteiger partial charge >= 0.3 is 5.97 Å². The van der Waals surface area contributed by atoms with Gasteiger partial charge in [0.1, 0.15) is 17.1 Å². The molecule has 0 aromatic heterocycles. The first-order valence-corrected chi connectivity index (χ1v) is 8.67. The Morgan fingerprint density at radius 2 is 2.00 bits per heavy atom. The van der Waals surface area contributed by atoms with Gasteiger partial charge in [0.15, 0.2) is 0 Å². The molecule has 3 rings (SSSR count). The van der Waals surface area contributed by atoms with E-state index in [0.29, 0.717) is 0 Å². The maximum absolute atomic E-state index is 12.3. The second kappa shape index (κ2) is 6.49. The van der Waals surface area contributed by atoms with E-state index < -0.39 is 23.3 Å². The maximum Gasteiger partial charge on any atom is 0.353 e. The molecule has 6 nitrogen and oxygen atoms in total. The molecule has 0 aliphatic carbocycles. The normalized spacial score (nSPS) is 25.8. The van der Waals surface area contributed by atoms with Crippen molar-refractivity contribution in [1.29, 1.82) is 0 Å². The summed E-state index contributed by atoms with van der Waals surface area (Å²) in [6.45, 7) is 1.78. The molecule has 2 aliphatic heterocycles. The number of carboxylic acids is 1. The smallest absolute Gasteiger partial charge is 0.353 e. The molecule has 126 valence electrons. The minimum atomic E-state index is -1.24. The van der Waals surface area contributed by atoms with Crippen LogP contribution in [0, 0.1) is 0 Å². The number of rotatable bonds is 4. The van der Waals surface area contributed by atoms with E-state index in [1.54, 1.807) is 6.92 Å². The molecule has 0 spiro atoms. The molecule has 8 heteroatoms. The summed E-state index contributed by atoms with van der Waals surface area (Å²) < 4.78 is 0. The van der Waals surface area contributed by atoms with E-state index in [2.05, 4.69) is 5.32 Å². The molecule has 0 radical (unpaired) electrons. The predicted molar refractivity (Wildman–Crippen MR) is 90.3 cm³/mol. The molecule has 0 saturated carbocycles. The minimum Gasteiger partial charge on any atom is -0.477 e. The standard InChI is InChI=1S/C16H15ClN2O4S/c1-8-11(17)13(16(22)23)19-14(21)12(15(19)24-8)18-10(20)7-9-5-3-2-4-6-9/h2-6,8,12,15H,7H2,1H3,(H,18,20)(H,22,23)/t8?,12?,15-/m0/s1. The monoisotopic (exact) mass is 366 g/mol. The average Bonchev–Trinajstić information content (AvgIpc) is 2.55. The van der Waals surface area contributed by atoms with Crippen molar-refractivity contribution in [2.45, 2.75) is 30.0 Å². The third kappa shape index (κ3) is 2.89. The molecule has 1 fully saturated rings. The van der Waals surface area contributed by atoms with Crippen molar-refractivity contribution in [3.63, 3.8) is 0 Å². The van der Waals surface area contributed by atoms with Crippen molar-refractivity contribution >= 4 is 41.1 Å². The average molecular weight is 367 g/mol. The van der Waals surface area contributed by atoms with Crippen LogP contribution in [0.2, 0.25) is 0 Å². The van der Waals surface area contributed by atoms with Gasteiger partial charge in [-0.15, -0.1) is 11.8 Å². The molecule has 2 heterocycles. The van der Waals surface area contributed by atoms with E-state index in [9.17, 15) is 19.5 Å². The van der Waals surface area contributed by atoms with Gasteiger partial charge in [-0.2, -0.15) is 0 Å². The van der Waals surface area contributed by atoms with Gasteiger partial charge in [-0.05, 0) is 12.5 Å². The van der Waals surface area contributed by atoms with E-state index in [1.807, 2.05) is 30.3 Å². The lowest BCUT2D eigenvalue weighted by Crippen LogP contribution is -2.71. The first-order valence-electron chi connectivity index (χ1n) is 7.35. The Morgan fingerprint density at radius 1 is 1.33 bits per heavy atom. The number of hydrogen-bond acceptors (Lipinski definition) is 4. The fourth-order valence-corrected chi connectivity index (χ4v) is 4.41. The Hall–Kier alpha value is -1.99. The van der Waals surface area contributed by atoms with Crippen molar-refractivity contribution in [3.05, 3.63) is 46.6 Å². The van der Waals surface area contributed by atoms with Crippen LogP contribution in [0.25, 0.3) is 0 Å². The Kier molecular flexibility index (Phi) is 4.56. The molecule has 3 atom stereocenters. The number of aliphatic carboxylic acids is 1. The summed E-state index contributed by atoms with van der Waals surface area (Å²) in [5.74, 6) is -1.96. The molecule has 2 aliphatic rings. The van der Waals surface area contributed by atoms with Crippen LogP contribution in [0.3, 0.4) is 0 Å². The SMILES string of the molecule is CC1S[C@H]2C(NC(=O)Cc3ccccc3)C(=O)N2C(C(=O)O)=C1Cl. The number of carboxylic acid groups (broad SMARTS) is 1. The van der Waals surface area contributed by atoms with Crippen molar-refractivity contribution in [2.24, 2.45) is 0 Å². The number of hydrogen-bond donors (Lipinski definition) is 2. The van der Waals surface area contributed by atoms with Crippen molar-refractivity contribution in [1.82, 2.24) is 10.2 Å². The Bertz CT molecular complexity index is 737. The highest BCUT2D eigenvalue weighted by atomic mass is 35.5. The number of benzene rings is 1. The number of amides is 2. The summed E-state index contributed by atoms with van der Waals surface area (Å²) in [5, 5.41) is 11.4. The largest absolute Gasteiger partial charge is 0.477 e. The predicted octanol–water partition coefficient (Wildman–Crippen LogP) is 1.55. The summed E-state index contributed by atoms with van der Waals surface area (Å²) in [4.78, 5) is 37.0. The Labute approximate surface area is 147 Å². The van der Waals surface area contributed by atoms with Crippen LogP contribution in [0.1, 0.15) is 12.5 Å². The van der Waals surface area contributed by atoms with Crippen LogP contribution in [0.5, 0.6) is 0 Å². The zero-order chi connectivity index (χ0) is 17.4. The van der Waals surface area contributed by atoms with Crippen LogP contribution in [0.15, 0.2) is 41.1 Å². The summed E-state index contributed by atoms with van der Waals surface area (Å²) in [6.07, 6.45) is 0.167. The van der Waals surface area contributed by atoms with Crippen molar-refractivity contribution in [2.75, 3.05) is 0 Å². The van der Waals surface area contributed by atoms with Gasteiger partial charge in [0, 0.05) is 5.25 Å². The molecular weight excluding hydrogens is 352 g/mol. The van der Waals surface area contributed by atoms with Crippen LogP contribution in [0.4, 0.5) is 0 Å². The van der Waals surface area contributed by atoms with Crippen LogP contribution >= 0.6 is 23.4 Å². The van der Waals surface area contributed by atoms with Gasteiger partial charge in [-0.3, -0.25) is 14.5 Å². The van der Waals surface area contributed by atoms with E-state index in [1.165, 1.54) is 11.8 Å². The van der Waals surface area contributed by atoms with Gasteiger partial charge in [0.2, 0.25) is 5.91 Å². The topological polar surface area (TPSA) is 86.7 Å². The number of carbonyl (C=O) groups is 3. The van der Waals surface area contributed by atoms with Gasteiger partial charge in [-0.25, -0.2) is 4.79 Å². The van der Waals surface area contributed by atoms with Crippen molar-refractivity contribution < 1.29 is 19.5 Å². The van der Waals surface area contributed by atoms with Crippen molar-refractivity contribution in [3.8, 4) is 0 Å². The summed E-state index contributed by atoms with van der Waals surface area (Å²) in [7, 11) is 0. The number of carbonyl (C=O) groups excluding carboxylic acids is 2. The fourth-order valence-electron chi connectivity index (χ4n) is 2.76. The molecule has 1 aromatic carbocycles. The lowest BCUT2D eigenvalue weighted by Gasteiger charge is -2.50. The van der Waals surface area contributed by atoms with Gasteiger partial charge in [0.05, 0.1) is 11.5 Å². The van der Waals surface area contributed by atoms with Crippen LogP contribution < -0.4 is 5.32 Å². The minimum absolute atomic E-state index is 0.145. The zero-order valence-electron chi connectivity index (χ0n) is 12.7. The molecule has 2 N–H and O–H groups in total. The highest BCUT2D eigenvalue weighted by Crippen LogP contribution is 2.45. The van der Waals surface area contributed by atoms with Crippen LogP contribution in [-0.2, 0) is 20.8 Å². The second-order valence-corrected chi connectivity index (χ2v) is 7.46. The molecule has 1 saturated heterocycles. The highest BCUT2D eigenvalue weighted by molar-refractivity contribution is 8.01. The van der Waals surface area contributed by atoms with E-state index in [-0.39, 0.29) is 28.3 Å². The van der Waals surface area contributed by atoms with Crippen LogP contribution in [-0.4, -0.2) is 44.5 Å². The first kappa shape index (κ1) is 16.9. The number of nitrogens with zero attached hydrogens (tertiary/aromatic N) is 1. The number of halogens is 1.